The van der Waals surface area contributed by atoms with Crippen molar-refractivity contribution in [2.75, 3.05) is 0 Å². The summed E-state index contributed by atoms with van der Waals surface area (Å²) in [5.74, 6) is 0. The van der Waals surface area contributed by atoms with Crippen LogP contribution < -0.4 is 0 Å². The summed E-state index contributed by atoms with van der Waals surface area (Å²) in [4.78, 5) is 4.34. The van der Waals surface area contributed by atoms with E-state index in [9.17, 15) is 0 Å². The first kappa shape index (κ1) is 9.86. The normalized spacial score (nSPS) is 10.8. The second-order valence-electron chi connectivity index (χ2n) is 3.25. The number of aryl methyl sites for hydroxylation is 1. The molecular weight excluding hydrogens is 289 g/mol. The lowest BCUT2D eigenvalue weighted by Crippen LogP contribution is -1.92. The molecule has 0 atom stereocenters. The Morgan fingerprint density at radius 1 is 1.36 bits per heavy atom. The Labute approximate surface area is 96.1 Å². The summed E-state index contributed by atoms with van der Waals surface area (Å²) in [6, 6.07) is 8.05. The summed E-state index contributed by atoms with van der Waals surface area (Å²) in [6.07, 6.45) is 0. The van der Waals surface area contributed by atoms with Gasteiger partial charge in [0.2, 0.25) is 0 Å². The van der Waals surface area contributed by atoms with Crippen molar-refractivity contribution in [3.05, 3.63) is 39.1 Å². The Kier molecular flexibility index (Phi) is 2.69. The van der Waals surface area contributed by atoms with Crippen LogP contribution in [0.25, 0.3) is 10.9 Å². The fourth-order valence-electron chi connectivity index (χ4n) is 1.52. The third-order valence-corrected chi connectivity index (χ3v) is 2.86. The van der Waals surface area contributed by atoms with E-state index in [-0.39, 0.29) is 6.61 Å². The number of hydrogen-bond acceptors (Lipinski definition) is 2. The highest BCUT2D eigenvalue weighted by Crippen LogP contribution is 2.20. The zero-order valence-electron chi connectivity index (χ0n) is 7.79. The molecule has 1 aromatic heterocycles. The van der Waals surface area contributed by atoms with Crippen molar-refractivity contribution in [1.82, 2.24) is 4.98 Å². The van der Waals surface area contributed by atoms with Crippen molar-refractivity contribution in [1.29, 1.82) is 0 Å². The number of aliphatic hydroxyl groups excluding tert-OH is 1. The second kappa shape index (κ2) is 3.82. The number of rotatable bonds is 1. The molecule has 0 unspecified atom stereocenters. The van der Waals surface area contributed by atoms with Gasteiger partial charge in [0.05, 0.1) is 17.8 Å². The maximum absolute atomic E-state index is 9.01. The maximum atomic E-state index is 9.01. The van der Waals surface area contributed by atoms with E-state index in [0.717, 1.165) is 22.2 Å². The van der Waals surface area contributed by atoms with Crippen LogP contribution in [0.4, 0.5) is 0 Å². The van der Waals surface area contributed by atoms with Crippen molar-refractivity contribution in [2.45, 2.75) is 13.5 Å². The highest BCUT2D eigenvalue weighted by molar-refractivity contribution is 14.1. The van der Waals surface area contributed by atoms with Gasteiger partial charge in [0, 0.05) is 8.96 Å². The fraction of sp³-hybridized carbons (Fsp3) is 0.182. The van der Waals surface area contributed by atoms with Gasteiger partial charge in [0.1, 0.15) is 0 Å². The van der Waals surface area contributed by atoms with Crippen LogP contribution in [0, 0.1) is 10.5 Å². The Morgan fingerprint density at radius 3 is 2.86 bits per heavy atom. The van der Waals surface area contributed by atoms with Crippen molar-refractivity contribution >= 4 is 33.5 Å². The molecule has 3 heteroatoms. The van der Waals surface area contributed by atoms with Gasteiger partial charge in [-0.2, -0.15) is 0 Å². The lowest BCUT2D eigenvalue weighted by molar-refractivity contribution is 0.277. The molecule has 0 saturated heterocycles. The summed E-state index contributed by atoms with van der Waals surface area (Å²) >= 11 is 2.29. The predicted molar refractivity (Wildman–Crippen MR) is 65.1 cm³/mol. The first-order valence-electron chi connectivity index (χ1n) is 4.37. The number of halogens is 1. The van der Waals surface area contributed by atoms with Gasteiger partial charge in [0.25, 0.3) is 0 Å². The third kappa shape index (κ3) is 1.74. The molecule has 0 aliphatic carbocycles. The quantitative estimate of drug-likeness (QED) is 0.821. The van der Waals surface area contributed by atoms with Crippen LogP contribution in [-0.4, -0.2) is 10.1 Å². The topological polar surface area (TPSA) is 33.1 Å². The Morgan fingerprint density at radius 2 is 2.14 bits per heavy atom. The van der Waals surface area contributed by atoms with E-state index in [1.807, 2.05) is 25.1 Å². The van der Waals surface area contributed by atoms with E-state index in [4.69, 9.17) is 5.11 Å². The van der Waals surface area contributed by atoms with Crippen LogP contribution in [0.3, 0.4) is 0 Å². The molecule has 1 N–H and O–H groups in total. The largest absolute Gasteiger partial charge is 0.390 e. The SMILES string of the molecule is Cc1cc(CO)nc2ccc(I)cc12. The Bertz CT molecular complexity index is 482. The number of nitrogens with zero attached hydrogens (tertiary/aromatic N) is 1. The van der Waals surface area contributed by atoms with E-state index in [2.05, 4.69) is 33.6 Å². The molecule has 72 valence electrons. The van der Waals surface area contributed by atoms with Crippen LogP contribution in [0.5, 0.6) is 0 Å². The van der Waals surface area contributed by atoms with Gasteiger partial charge in [-0.15, -0.1) is 0 Å². The molecule has 0 bridgehead atoms. The van der Waals surface area contributed by atoms with Crippen LogP contribution in [-0.2, 0) is 6.61 Å². The molecule has 0 amide bonds. The molecule has 2 rings (SSSR count). The lowest BCUT2D eigenvalue weighted by Gasteiger charge is -2.04. The molecule has 0 aliphatic rings. The third-order valence-electron chi connectivity index (χ3n) is 2.19. The number of hydrogen-bond donors (Lipinski definition) is 1. The zero-order valence-corrected chi connectivity index (χ0v) is 9.95. The first-order chi connectivity index (χ1) is 6.70. The number of aromatic nitrogens is 1. The van der Waals surface area contributed by atoms with E-state index >= 15 is 0 Å². The van der Waals surface area contributed by atoms with Crippen LogP contribution >= 0.6 is 22.6 Å². The van der Waals surface area contributed by atoms with Gasteiger partial charge in [-0.1, -0.05) is 0 Å². The summed E-state index contributed by atoms with van der Waals surface area (Å²) in [6.45, 7) is 2.04. The summed E-state index contributed by atoms with van der Waals surface area (Å²) in [5, 5.41) is 10.2. The number of pyridine rings is 1. The molecule has 14 heavy (non-hydrogen) atoms. The van der Waals surface area contributed by atoms with Gasteiger partial charge in [0.15, 0.2) is 0 Å². The minimum absolute atomic E-state index is 0.00274. The minimum Gasteiger partial charge on any atom is -0.390 e. The van der Waals surface area contributed by atoms with Gasteiger partial charge in [-0.25, -0.2) is 0 Å². The molecular formula is C11H10INO. The number of aliphatic hydroxyl groups is 1. The standard InChI is InChI=1S/C11H10INO/c1-7-4-9(6-14)13-11-3-2-8(12)5-10(7)11/h2-5,14H,6H2,1H3. The van der Waals surface area contributed by atoms with Gasteiger partial charge in [-0.05, 0) is 59.3 Å². The highest BCUT2D eigenvalue weighted by Gasteiger charge is 2.02. The smallest absolute Gasteiger partial charge is 0.0853 e. The van der Waals surface area contributed by atoms with Crippen molar-refractivity contribution < 1.29 is 5.11 Å². The monoisotopic (exact) mass is 299 g/mol. The molecule has 2 nitrogen and oxygen atoms in total. The molecule has 1 heterocycles. The second-order valence-corrected chi connectivity index (χ2v) is 4.50. The highest BCUT2D eigenvalue weighted by atomic mass is 127. The number of benzene rings is 1. The minimum atomic E-state index is 0.00274. The van der Waals surface area contributed by atoms with Crippen molar-refractivity contribution in [3.63, 3.8) is 0 Å². The summed E-state index contributed by atoms with van der Waals surface area (Å²) < 4.78 is 1.21. The Hall–Kier alpha value is -0.680. The zero-order chi connectivity index (χ0) is 10.1. The summed E-state index contributed by atoms with van der Waals surface area (Å²) in [7, 11) is 0. The van der Waals surface area contributed by atoms with E-state index in [1.165, 1.54) is 3.57 Å². The fourth-order valence-corrected chi connectivity index (χ4v) is 2.01. The average molecular weight is 299 g/mol. The molecule has 0 fully saturated rings. The van der Waals surface area contributed by atoms with Crippen LogP contribution in [0.2, 0.25) is 0 Å². The van der Waals surface area contributed by atoms with Crippen molar-refractivity contribution in [3.8, 4) is 0 Å². The van der Waals surface area contributed by atoms with E-state index in [1.54, 1.807) is 0 Å². The average Bonchev–Trinajstić information content (AvgIpc) is 2.19. The first-order valence-corrected chi connectivity index (χ1v) is 5.45. The number of fused-ring (bicyclic) bond motifs is 1. The molecule has 1 aromatic carbocycles. The Balaban J connectivity index is 2.76. The van der Waals surface area contributed by atoms with E-state index < -0.39 is 0 Å². The maximum Gasteiger partial charge on any atom is 0.0853 e. The molecule has 0 radical (unpaired) electrons. The van der Waals surface area contributed by atoms with Gasteiger partial charge < -0.3 is 5.11 Å². The predicted octanol–water partition coefficient (Wildman–Crippen LogP) is 2.64. The molecule has 0 spiro atoms. The molecule has 2 aromatic rings. The lowest BCUT2D eigenvalue weighted by atomic mass is 10.1. The van der Waals surface area contributed by atoms with Crippen molar-refractivity contribution in [2.24, 2.45) is 0 Å². The van der Waals surface area contributed by atoms with Gasteiger partial charge >= 0.3 is 0 Å². The van der Waals surface area contributed by atoms with Crippen LogP contribution in [0.15, 0.2) is 24.3 Å². The molecule has 0 saturated carbocycles. The van der Waals surface area contributed by atoms with Crippen LogP contribution in [0.1, 0.15) is 11.3 Å². The summed E-state index contributed by atoms with van der Waals surface area (Å²) in [5.41, 5.74) is 2.85. The van der Waals surface area contributed by atoms with E-state index in [0.29, 0.717) is 0 Å². The van der Waals surface area contributed by atoms with Gasteiger partial charge in [-0.3, -0.25) is 4.98 Å². The molecule has 0 aliphatic heterocycles.